The fourth-order valence-corrected chi connectivity index (χ4v) is 2.25. The number of nitrogens with one attached hydrogen (secondary N) is 3. The number of aliphatic carboxylic acids is 2. The number of rotatable bonds is 13. The molecule has 0 fully saturated rings. The van der Waals surface area contributed by atoms with Crippen LogP contribution in [0.15, 0.2) is 0 Å². The molecule has 0 heterocycles. The molecule has 3 atom stereocenters. The maximum Gasteiger partial charge on any atom is 0.328 e. The first-order chi connectivity index (χ1) is 12.6. The Morgan fingerprint density at radius 1 is 1.04 bits per heavy atom. The van der Waals surface area contributed by atoms with E-state index in [1.807, 2.05) is 11.6 Å². The minimum absolute atomic E-state index is 0.399. The van der Waals surface area contributed by atoms with Gasteiger partial charge in [-0.25, -0.2) is 4.79 Å². The molecule has 12 nitrogen and oxygen atoms in total. The van der Waals surface area contributed by atoms with E-state index >= 15 is 0 Å². The standard InChI is InChI=1S/C14H24N4O8S/c1-27-3-2-7(15)12(23)16-5-10(20)17-8(4-11(21)22)13(24)18-9(6-19)14(25)26/h7-9,19H,2-6,15H2,1H3,(H,16,23)(H,17,20)(H,18,24)(H,21,22)(H,25,26). The van der Waals surface area contributed by atoms with Crippen molar-refractivity contribution in [3.05, 3.63) is 0 Å². The van der Waals surface area contributed by atoms with Crippen molar-refractivity contribution in [1.29, 1.82) is 0 Å². The Labute approximate surface area is 159 Å². The van der Waals surface area contributed by atoms with Gasteiger partial charge in [-0.15, -0.1) is 0 Å². The Hall–Kier alpha value is -2.38. The van der Waals surface area contributed by atoms with Gasteiger partial charge >= 0.3 is 11.9 Å². The second-order valence-corrected chi connectivity index (χ2v) is 6.39. The third-order valence-corrected chi connectivity index (χ3v) is 3.86. The molecule has 0 aromatic heterocycles. The highest BCUT2D eigenvalue weighted by Gasteiger charge is 2.28. The van der Waals surface area contributed by atoms with Gasteiger partial charge < -0.3 is 37.0 Å². The number of carboxylic acid groups (broad SMARTS) is 2. The number of hydrogen-bond donors (Lipinski definition) is 7. The third-order valence-electron chi connectivity index (χ3n) is 3.22. The van der Waals surface area contributed by atoms with Gasteiger partial charge in [0.25, 0.3) is 0 Å². The molecule has 0 aliphatic rings. The number of amides is 3. The number of carbonyl (C=O) groups excluding carboxylic acids is 3. The van der Waals surface area contributed by atoms with Crippen LogP contribution in [0.4, 0.5) is 0 Å². The lowest BCUT2D eigenvalue weighted by molar-refractivity contribution is -0.144. The highest BCUT2D eigenvalue weighted by atomic mass is 32.2. The molecule has 0 bridgehead atoms. The molecule has 0 aliphatic heterocycles. The monoisotopic (exact) mass is 408 g/mol. The van der Waals surface area contributed by atoms with E-state index < -0.39 is 67.4 Å². The van der Waals surface area contributed by atoms with E-state index in [1.165, 1.54) is 11.8 Å². The molecule has 0 saturated carbocycles. The molecule has 13 heteroatoms. The van der Waals surface area contributed by atoms with Crippen molar-refractivity contribution in [2.24, 2.45) is 5.73 Å². The van der Waals surface area contributed by atoms with Crippen molar-refractivity contribution in [1.82, 2.24) is 16.0 Å². The van der Waals surface area contributed by atoms with Crippen LogP contribution in [0.3, 0.4) is 0 Å². The van der Waals surface area contributed by atoms with E-state index in [9.17, 15) is 24.0 Å². The second kappa shape index (κ2) is 12.9. The molecular formula is C14H24N4O8S. The molecule has 0 spiro atoms. The highest BCUT2D eigenvalue weighted by Crippen LogP contribution is 1.99. The van der Waals surface area contributed by atoms with Crippen LogP contribution < -0.4 is 21.7 Å². The smallest absolute Gasteiger partial charge is 0.328 e. The van der Waals surface area contributed by atoms with E-state index in [2.05, 4.69) is 10.6 Å². The fraction of sp³-hybridized carbons (Fsp3) is 0.643. The van der Waals surface area contributed by atoms with Crippen LogP contribution in [0.1, 0.15) is 12.8 Å². The average molecular weight is 408 g/mol. The summed E-state index contributed by atoms with van der Waals surface area (Å²) in [5.41, 5.74) is 5.63. The molecule has 0 rings (SSSR count). The minimum atomic E-state index is -1.65. The topological polar surface area (TPSA) is 208 Å². The van der Waals surface area contributed by atoms with Crippen molar-refractivity contribution in [2.45, 2.75) is 31.0 Å². The van der Waals surface area contributed by atoms with Gasteiger partial charge in [0.1, 0.15) is 12.1 Å². The Balaban J connectivity index is 4.72. The number of hydrogen-bond acceptors (Lipinski definition) is 8. The first-order valence-electron chi connectivity index (χ1n) is 7.79. The zero-order valence-electron chi connectivity index (χ0n) is 14.6. The average Bonchev–Trinajstić information content (AvgIpc) is 2.60. The summed E-state index contributed by atoms with van der Waals surface area (Å²) >= 11 is 1.50. The maximum atomic E-state index is 12.0. The molecule has 0 aromatic carbocycles. The number of carbonyl (C=O) groups is 5. The number of thioether (sulfide) groups is 1. The molecule has 0 aliphatic carbocycles. The van der Waals surface area contributed by atoms with E-state index in [-0.39, 0.29) is 0 Å². The Morgan fingerprint density at radius 3 is 2.15 bits per heavy atom. The largest absolute Gasteiger partial charge is 0.481 e. The molecule has 3 amide bonds. The van der Waals surface area contributed by atoms with E-state index in [0.29, 0.717) is 12.2 Å². The van der Waals surface area contributed by atoms with Gasteiger partial charge in [0.15, 0.2) is 0 Å². The summed E-state index contributed by atoms with van der Waals surface area (Å²) in [6, 6.07) is -4.06. The van der Waals surface area contributed by atoms with Crippen molar-refractivity contribution in [3.63, 3.8) is 0 Å². The van der Waals surface area contributed by atoms with Gasteiger partial charge in [0.05, 0.1) is 25.6 Å². The van der Waals surface area contributed by atoms with Crippen LogP contribution in [0, 0.1) is 0 Å². The van der Waals surface area contributed by atoms with Gasteiger partial charge in [0.2, 0.25) is 17.7 Å². The summed E-state index contributed by atoms with van der Waals surface area (Å²) in [5.74, 6) is -4.85. The second-order valence-electron chi connectivity index (χ2n) is 5.41. The van der Waals surface area contributed by atoms with Gasteiger partial charge in [-0.3, -0.25) is 19.2 Å². The molecule has 27 heavy (non-hydrogen) atoms. The number of nitrogens with two attached hydrogens (primary N) is 1. The summed E-state index contributed by atoms with van der Waals surface area (Å²) in [5, 5.41) is 32.8. The van der Waals surface area contributed by atoms with Gasteiger partial charge in [-0.2, -0.15) is 11.8 Å². The summed E-state index contributed by atoms with van der Waals surface area (Å²) < 4.78 is 0. The Bertz CT molecular complexity index is 559. The summed E-state index contributed by atoms with van der Waals surface area (Å²) in [4.78, 5) is 57.2. The normalized spacial score (nSPS) is 13.7. The van der Waals surface area contributed by atoms with Crippen molar-refractivity contribution in [3.8, 4) is 0 Å². The highest BCUT2D eigenvalue weighted by molar-refractivity contribution is 7.98. The van der Waals surface area contributed by atoms with Crippen molar-refractivity contribution < 1.29 is 39.3 Å². The van der Waals surface area contributed by atoms with Crippen LogP contribution in [0.25, 0.3) is 0 Å². The van der Waals surface area contributed by atoms with E-state index in [4.69, 9.17) is 21.1 Å². The van der Waals surface area contributed by atoms with Crippen LogP contribution in [-0.4, -0.2) is 88.3 Å². The van der Waals surface area contributed by atoms with Crippen LogP contribution in [0.5, 0.6) is 0 Å². The molecule has 0 radical (unpaired) electrons. The van der Waals surface area contributed by atoms with Crippen molar-refractivity contribution in [2.75, 3.05) is 25.2 Å². The number of carboxylic acids is 2. The fourth-order valence-electron chi connectivity index (χ4n) is 1.76. The number of aliphatic hydroxyl groups is 1. The van der Waals surface area contributed by atoms with Gasteiger partial charge in [-0.05, 0) is 18.4 Å². The maximum absolute atomic E-state index is 12.0. The SMILES string of the molecule is CSCCC(N)C(=O)NCC(=O)NC(CC(=O)O)C(=O)NC(CO)C(=O)O. The zero-order chi connectivity index (χ0) is 21.0. The first-order valence-corrected chi connectivity index (χ1v) is 9.19. The quantitative estimate of drug-likeness (QED) is 0.161. The van der Waals surface area contributed by atoms with E-state index in [1.54, 1.807) is 0 Å². The lowest BCUT2D eigenvalue weighted by Crippen LogP contribution is -2.55. The molecule has 8 N–H and O–H groups in total. The predicted molar refractivity (Wildman–Crippen MR) is 94.8 cm³/mol. The molecule has 3 unspecified atom stereocenters. The summed E-state index contributed by atoms with van der Waals surface area (Å²) in [6.07, 6.45) is 1.42. The molecule has 0 saturated heterocycles. The Kier molecular flexibility index (Phi) is 11.8. The molecular weight excluding hydrogens is 384 g/mol. The lowest BCUT2D eigenvalue weighted by atomic mass is 10.1. The van der Waals surface area contributed by atoms with Gasteiger partial charge in [-0.1, -0.05) is 0 Å². The molecule has 154 valence electrons. The van der Waals surface area contributed by atoms with Crippen LogP contribution in [0.2, 0.25) is 0 Å². The minimum Gasteiger partial charge on any atom is -0.481 e. The molecule has 0 aromatic rings. The van der Waals surface area contributed by atoms with Crippen molar-refractivity contribution >= 4 is 41.4 Å². The van der Waals surface area contributed by atoms with Crippen LogP contribution >= 0.6 is 11.8 Å². The van der Waals surface area contributed by atoms with Gasteiger partial charge in [0, 0.05) is 0 Å². The number of aliphatic hydroxyl groups excluding tert-OH is 1. The third kappa shape index (κ3) is 10.4. The zero-order valence-corrected chi connectivity index (χ0v) is 15.5. The lowest BCUT2D eigenvalue weighted by Gasteiger charge is -2.19. The predicted octanol–water partition coefficient (Wildman–Crippen LogP) is -3.30. The Morgan fingerprint density at radius 2 is 1.67 bits per heavy atom. The summed E-state index contributed by atoms with van der Waals surface area (Å²) in [6.45, 7) is -1.46. The first kappa shape index (κ1) is 24.6. The van der Waals surface area contributed by atoms with Crippen LogP contribution in [-0.2, 0) is 24.0 Å². The summed E-state index contributed by atoms with van der Waals surface area (Å²) in [7, 11) is 0. The van der Waals surface area contributed by atoms with E-state index in [0.717, 1.165) is 0 Å².